The van der Waals surface area contributed by atoms with Crippen LogP contribution in [-0.4, -0.2) is 21.5 Å². The summed E-state index contributed by atoms with van der Waals surface area (Å²) in [6, 6.07) is 8.35. The number of hydrogen-bond donors (Lipinski definition) is 2. The van der Waals surface area contributed by atoms with Crippen LogP contribution in [0, 0.1) is 6.92 Å². The maximum Gasteiger partial charge on any atom is 0.126 e. The standard InChI is InChI=1S/C15H15BrN4/c1-10-6-15(18-8-12(10)16)17-5-4-11-2-3-13-14(7-11)20-9-19-13/h2-3,6-9H,4-5H2,1H3,(H,17,18)(H,19,20). The Labute approximate surface area is 125 Å². The zero-order chi connectivity index (χ0) is 13.9. The van der Waals surface area contributed by atoms with Gasteiger partial charge in [0.2, 0.25) is 0 Å². The summed E-state index contributed by atoms with van der Waals surface area (Å²) < 4.78 is 1.03. The molecule has 2 aromatic heterocycles. The van der Waals surface area contributed by atoms with E-state index in [1.807, 2.05) is 18.3 Å². The van der Waals surface area contributed by atoms with Gasteiger partial charge in [0.15, 0.2) is 0 Å². The van der Waals surface area contributed by atoms with Crippen molar-refractivity contribution < 1.29 is 0 Å². The molecule has 0 aliphatic rings. The van der Waals surface area contributed by atoms with Crippen LogP contribution in [-0.2, 0) is 6.42 Å². The average Bonchev–Trinajstić information content (AvgIpc) is 2.90. The van der Waals surface area contributed by atoms with E-state index in [9.17, 15) is 0 Å². The summed E-state index contributed by atoms with van der Waals surface area (Å²) in [6.45, 7) is 2.91. The molecule has 3 aromatic rings. The lowest BCUT2D eigenvalue weighted by Gasteiger charge is -2.07. The Hall–Kier alpha value is -1.88. The molecule has 2 heterocycles. The number of fused-ring (bicyclic) bond motifs is 1. The molecule has 2 N–H and O–H groups in total. The molecule has 3 rings (SSSR count). The van der Waals surface area contributed by atoms with Gasteiger partial charge in [-0.15, -0.1) is 0 Å². The molecular weight excluding hydrogens is 316 g/mol. The van der Waals surface area contributed by atoms with Crippen LogP contribution in [0.2, 0.25) is 0 Å². The van der Waals surface area contributed by atoms with Gasteiger partial charge in [-0.25, -0.2) is 9.97 Å². The highest BCUT2D eigenvalue weighted by Crippen LogP contribution is 2.17. The fraction of sp³-hybridized carbons (Fsp3) is 0.200. The minimum absolute atomic E-state index is 0.855. The first-order chi connectivity index (χ1) is 9.72. The number of nitrogens with one attached hydrogen (secondary N) is 2. The maximum absolute atomic E-state index is 4.34. The Morgan fingerprint density at radius 2 is 2.15 bits per heavy atom. The molecule has 1 aromatic carbocycles. The zero-order valence-electron chi connectivity index (χ0n) is 11.2. The molecule has 0 aliphatic heterocycles. The second kappa shape index (κ2) is 5.63. The van der Waals surface area contributed by atoms with Gasteiger partial charge in [-0.2, -0.15) is 0 Å². The normalized spacial score (nSPS) is 10.9. The van der Waals surface area contributed by atoms with Crippen molar-refractivity contribution in [1.82, 2.24) is 15.0 Å². The van der Waals surface area contributed by atoms with E-state index < -0.39 is 0 Å². The van der Waals surface area contributed by atoms with Gasteiger partial charge in [0.05, 0.1) is 17.4 Å². The van der Waals surface area contributed by atoms with Crippen molar-refractivity contribution in [1.29, 1.82) is 0 Å². The number of aromatic amines is 1. The van der Waals surface area contributed by atoms with Gasteiger partial charge < -0.3 is 10.3 Å². The van der Waals surface area contributed by atoms with Crippen molar-refractivity contribution in [3.63, 3.8) is 0 Å². The number of benzene rings is 1. The van der Waals surface area contributed by atoms with Crippen molar-refractivity contribution in [2.45, 2.75) is 13.3 Å². The molecule has 20 heavy (non-hydrogen) atoms. The molecule has 0 fully saturated rings. The predicted octanol–water partition coefficient (Wildman–Crippen LogP) is 3.68. The van der Waals surface area contributed by atoms with Crippen LogP contribution in [0.3, 0.4) is 0 Å². The van der Waals surface area contributed by atoms with Crippen molar-refractivity contribution in [3.05, 3.63) is 52.4 Å². The Balaban J connectivity index is 1.62. The van der Waals surface area contributed by atoms with Crippen LogP contribution in [0.15, 0.2) is 41.3 Å². The minimum Gasteiger partial charge on any atom is -0.370 e. The van der Waals surface area contributed by atoms with Crippen LogP contribution < -0.4 is 5.32 Å². The molecule has 4 nitrogen and oxygen atoms in total. The number of hydrogen-bond acceptors (Lipinski definition) is 3. The second-order valence-electron chi connectivity index (χ2n) is 4.75. The first-order valence-electron chi connectivity index (χ1n) is 6.50. The zero-order valence-corrected chi connectivity index (χ0v) is 12.7. The number of halogens is 1. The average molecular weight is 331 g/mol. The SMILES string of the molecule is Cc1cc(NCCc2ccc3nc[nH]c3c2)ncc1Br. The third kappa shape index (κ3) is 2.82. The van der Waals surface area contributed by atoms with E-state index in [0.29, 0.717) is 0 Å². The van der Waals surface area contributed by atoms with Crippen molar-refractivity contribution in [2.75, 3.05) is 11.9 Å². The minimum atomic E-state index is 0.855. The van der Waals surface area contributed by atoms with Gasteiger partial charge in [0.1, 0.15) is 5.82 Å². The summed E-state index contributed by atoms with van der Waals surface area (Å²) in [5.41, 5.74) is 4.55. The first kappa shape index (κ1) is 13.1. The molecule has 0 bridgehead atoms. The predicted molar refractivity (Wildman–Crippen MR) is 85.0 cm³/mol. The van der Waals surface area contributed by atoms with E-state index in [-0.39, 0.29) is 0 Å². The number of anilines is 1. The summed E-state index contributed by atoms with van der Waals surface area (Å²) in [7, 11) is 0. The highest BCUT2D eigenvalue weighted by atomic mass is 79.9. The number of H-pyrrole nitrogens is 1. The number of aryl methyl sites for hydroxylation is 1. The van der Waals surface area contributed by atoms with Gasteiger partial charge in [-0.1, -0.05) is 6.07 Å². The van der Waals surface area contributed by atoms with Crippen molar-refractivity contribution in [2.24, 2.45) is 0 Å². The maximum atomic E-state index is 4.34. The third-order valence-electron chi connectivity index (χ3n) is 3.25. The molecule has 0 atom stereocenters. The summed E-state index contributed by atoms with van der Waals surface area (Å²) in [4.78, 5) is 11.7. The molecule has 0 aliphatic carbocycles. The van der Waals surface area contributed by atoms with E-state index in [1.54, 1.807) is 6.33 Å². The smallest absolute Gasteiger partial charge is 0.126 e. The Bertz CT molecular complexity index is 736. The molecule has 0 radical (unpaired) electrons. The molecule has 0 amide bonds. The van der Waals surface area contributed by atoms with E-state index >= 15 is 0 Å². The lowest BCUT2D eigenvalue weighted by Crippen LogP contribution is -2.06. The van der Waals surface area contributed by atoms with E-state index in [4.69, 9.17) is 0 Å². The Morgan fingerprint density at radius 3 is 3.00 bits per heavy atom. The highest BCUT2D eigenvalue weighted by Gasteiger charge is 2.00. The summed E-state index contributed by atoms with van der Waals surface area (Å²) in [5, 5.41) is 3.35. The second-order valence-corrected chi connectivity index (χ2v) is 5.60. The molecule has 5 heteroatoms. The first-order valence-corrected chi connectivity index (χ1v) is 7.30. The Kier molecular flexibility index (Phi) is 3.69. The van der Waals surface area contributed by atoms with Crippen LogP contribution in [0.1, 0.15) is 11.1 Å². The lowest BCUT2D eigenvalue weighted by molar-refractivity contribution is 1.01. The van der Waals surface area contributed by atoms with E-state index in [1.165, 1.54) is 11.1 Å². The lowest BCUT2D eigenvalue weighted by atomic mass is 10.1. The van der Waals surface area contributed by atoms with Gasteiger partial charge in [0, 0.05) is 17.2 Å². The monoisotopic (exact) mass is 330 g/mol. The molecule has 0 unspecified atom stereocenters. The fourth-order valence-corrected chi connectivity index (χ4v) is 2.33. The van der Waals surface area contributed by atoms with Crippen LogP contribution >= 0.6 is 15.9 Å². The van der Waals surface area contributed by atoms with Crippen molar-refractivity contribution in [3.8, 4) is 0 Å². The number of pyridine rings is 1. The van der Waals surface area contributed by atoms with Gasteiger partial charge in [-0.3, -0.25) is 0 Å². The highest BCUT2D eigenvalue weighted by molar-refractivity contribution is 9.10. The van der Waals surface area contributed by atoms with Gasteiger partial charge >= 0.3 is 0 Å². The topological polar surface area (TPSA) is 53.6 Å². The number of aromatic nitrogens is 3. The summed E-state index contributed by atoms with van der Waals surface area (Å²) in [6.07, 6.45) is 4.50. The number of rotatable bonds is 4. The van der Waals surface area contributed by atoms with Gasteiger partial charge in [0.25, 0.3) is 0 Å². The van der Waals surface area contributed by atoms with E-state index in [2.05, 4.69) is 55.3 Å². The largest absolute Gasteiger partial charge is 0.370 e. The number of imidazole rings is 1. The van der Waals surface area contributed by atoms with Crippen LogP contribution in [0.4, 0.5) is 5.82 Å². The van der Waals surface area contributed by atoms with Crippen LogP contribution in [0.25, 0.3) is 11.0 Å². The quantitative estimate of drug-likeness (QED) is 0.767. The molecular formula is C15H15BrN4. The number of nitrogens with zero attached hydrogens (tertiary/aromatic N) is 2. The molecule has 0 saturated carbocycles. The Morgan fingerprint density at radius 1 is 1.25 bits per heavy atom. The summed E-state index contributed by atoms with van der Waals surface area (Å²) in [5.74, 6) is 0.910. The molecule has 0 spiro atoms. The third-order valence-corrected chi connectivity index (χ3v) is 4.08. The summed E-state index contributed by atoms with van der Waals surface area (Å²) >= 11 is 3.45. The van der Waals surface area contributed by atoms with E-state index in [0.717, 1.165) is 34.3 Å². The van der Waals surface area contributed by atoms with Crippen molar-refractivity contribution >= 4 is 32.8 Å². The van der Waals surface area contributed by atoms with Gasteiger partial charge in [-0.05, 0) is 58.6 Å². The molecule has 0 saturated heterocycles. The van der Waals surface area contributed by atoms with Crippen LogP contribution in [0.5, 0.6) is 0 Å². The fourth-order valence-electron chi connectivity index (χ4n) is 2.11. The molecule has 102 valence electrons.